The van der Waals surface area contributed by atoms with Gasteiger partial charge >= 0.3 is 0 Å². The van der Waals surface area contributed by atoms with Crippen LogP contribution >= 0.6 is 0 Å². The highest BCUT2D eigenvalue weighted by Crippen LogP contribution is 2.38. The Morgan fingerprint density at radius 3 is 2.62 bits per heavy atom. The van der Waals surface area contributed by atoms with Crippen molar-refractivity contribution < 1.29 is 9.59 Å². The summed E-state index contributed by atoms with van der Waals surface area (Å²) in [7, 11) is 0. The third kappa shape index (κ3) is 1.50. The van der Waals surface area contributed by atoms with E-state index in [1.54, 1.807) is 18.7 Å². The molecule has 1 spiro atoms. The fourth-order valence-corrected chi connectivity index (χ4v) is 2.83. The van der Waals surface area contributed by atoms with Crippen LogP contribution in [0.2, 0.25) is 0 Å². The number of nitrogens with zero attached hydrogens (tertiary/aromatic N) is 1. The van der Waals surface area contributed by atoms with Crippen LogP contribution in [-0.2, 0) is 9.59 Å². The lowest BCUT2D eigenvalue weighted by Gasteiger charge is -2.36. The first-order chi connectivity index (χ1) is 7.48. The van der Waals surface area contributed by atoms with Crippen LogP contribution in [0.25, 0.3) is 0 Å². The van der Waals surface area contributed by atoms with Gasteiger partial charge < -0.3 is 16.0 Å². The van der Waals surface area contributed by atoms with Gasteiger partial charge in [0.2, 0.25) is 11.8 Å². The van der Waals surface area contributed by atoms with Gasteiger partial charge in [-0.05, 0) is 39.5 Å². The first-order valence-corrected chi connectivity index (χ1v) is 5.89. The van der Waals surface area contributed by atoms with Gasteiger partial charge in [0.1, 0.15) is 11.7 Å². The van der Waals surface area contributed by atoms with Crippen LogP contribution in [0.4, 0.5) is 0 Å². The standard InChI is InChI=1S/C11H19N3O2/c1-7(12)10(16)14-8(2)9(15)13-11(14)5-3-4-6-11/h7-8H,3-6,12H2,1-2H3,(H,13,15). The lowest BCUT2D eigenvalue weighted by atomic mass is 10.1. The van der Waals surface area contributed by atoms with Gasteiger partial charge in [0.25, 0.3) is 0 Å². The maximum absolute atomic E-state index is 12.1. The molecule has 0 bridgehead atoms. The second kappa shape index (κ2) is 3.73. The molecule has 2 unspecified atom stereocenters. The summed E-state index contributed by atoms with van der Waals surface area (Å²) in [6.45, 7) is 3.43. The largest absolute Gasteiger partial charge is 0.331 e. The van der Waals surface area contributed by atoms with Crippen LogP contribution in [0.1, 0.15) is 39.5 Å². The van der Waals surface area contributed by atoms with Crippen LogP contribution < -0.4 is 11.1 Å². The summed E-state index contributed by atoms with van der Waals surface area (Å²) in [6.07, 6.45) is 3.80. The van der Waals surface area contributed by atoms with Gasteiger partial charge in [0.15, 0.2) is 0 Å². The molecule has 1 aliphatic carbocycles. The number of nitrogens with two attached hydrogens (primary N) is 1. The number of hydrogen-bond donors (Lipinski definition) is 2. The van der Waals surface area contributed by atoms with Crippen molar-refractivity contribution in [2.75, 3.05) is 0 Å². The van der Waals surface area contributed by atoms with E-state index >= 15 is 0 Å². The summed E-state index contributed by atoms with van der Waals surface area (Å²) in [5, 5.41) is 2.98. The SMILES string of the molecule is CC(N)C(=O)N1C(C)C(=O)NC12CCCC2. The van der Waals surface area contributed by atoms with Crippen molar-refractivity contribution in [2.24, 2.45) is 5.73 Å². The van der Waals surface area contributed by atoms with Gasteiger partial charge in [-0.25, -0.2) is 0 Å². The molecular formula is C11H19N3O2. The summed E-state index contributed by atoms with van der Waals surface area (Å²) in [5.74, 6) is -0.191. The van der Waals surface area contributed by atoms with Gasteiger partial charge in [-0.3, -0.25) is 9.59 Å². The Labute approximate surface area is 95.3 Å². The molecule has 2 rings (SSSR count). The van der Waals surface area contributed by atoms with E-state index in [4.69, 9.17) is 5.73 Å². The van der Waals surface area contributed by atoms with E-state index in [2.05, 4.69) is 5.32 Å². The predicted octanol–water partition coefficient (Wildman–Crippen LogP) is -0.0492. The van der Waals surface area contributed by atoms with E-state index in [0.29, 0.717) is 0 Å². The third-order valence-electron chi connectivity index (χ3n) is 3.64. The molecule has 0 aromatic carbocycles. The monoisotopic (exact) mass is 225 g/mol. The molecule has 0 aromatic heterocycles. The second-order valence-electron chi connectivity index (χ2n) is 4.90. The van der Waals surface area contributed by atoms with E-state index in [1.807, 2.05) is 0 Å². The van der Waals surface area contributed by atoms with Crippen molar-refractivity contribution in [1.29, 1.82) is 0 Å². The van der Waals surface area contributed by atoms with Gasteiger partial charge in [-0.15, -0.1) is 0 Å². The number of nitrogens with one attached hydrogen (secondary N) is 1. The van der Waals surface area contributed by atoms with E-state index in [1.165, 1.54) is 0 Å². The number of carbonyl (C=O) groups excluding carboxylic acids is 2. The summed E-state index contributed by atoms with van der Waals surface area (Å²) in [5.41, 5.74) is 5.20. The molecular weight excluding hydrogens is 206 g/mol. The van der Waals surface area contributed by atoms with Crippen molar-refractivity contribution in [2.45, 2.75) is 57.3 Å². The molecule has 3 N–H and O–H groups in total. The van der Waals surface area contributed by atoms with Gasteiger partial charge in [0, 0.05) is 0 Å². The Bertz CT molecular complexity index is 321. The zero-order chi connectivity index (χ0) is 11.9. The summed E-state index contributed by atoms with van der Waals surface area (Å²) in [4.78, 5) is 25.5. The average Bonchev–Trinajstić information content (AvgIpc) is 2.74. The summed E-state index contributed by atoms with van der Waals surface area (Å²) >= 11 is 0. The molecule has 2 aliphatic rings. The first kappa shape index (κ1) is 11.4. The molecule has 90 valence electrons. The Kier molecular flexibility index (Phi) is 2.66. The Morgan fingerprint density at radius 1 is 1.56 bits per heavy atom. The van der Waals surface area contributed by atoms with E-state index in [-0.39, 0.29) is 11.8 Å². The quantitative estimate of drug-likeness (QED) is 0.657. The van der Waals surface area contributed by atoms with Gasteiger partial charge in [0.05, 0.1) is 6.04 Å². The van der Waals surface area contributed by atoms with Crippen molar-refractivity contribution in [3.8, 4) is 0 Å². The molecule has 2 atom stereocenters. The normalized spacial score (nSPS) is 29.6. The minimum atomic E-state index is -0.548. The molecule has 0 radical (unpaired) electrons. The summed E-state index contributed by atoms with van der Waals surface area (Å²) < 4.78 is 0. The zero-order valence-corrected chi connectivity index (χ0v) is 9.82. The van der Waals surface area contributed by atoms with Crippen LogP contribution in [0, 0.1) is 0 Å². The molecule has 2 fully saturated rings. The fraction of sp³-hybridized carbons (Fsp3) is 0.818. The molecule has 0 aromatic rings. The van der Waals surface area contributed by atoms with Crippen molar-refractivity contribution in [3.63, 3.8) is 0 Å². The van der Waals surface area contributed by atoms with E-state index in [0.717, 1.165) is 25.7 Å². The zero-order valence-electron chi connectivity index (χ0n) is 9.82. The maximum atomic E-state index is 12.1. The lowest BCUT2D eigenvalue weighted by Crippen LogP contribution is -2.57. The van der Waals surface area contributed by atoms with Crippen molar-refractivity contribution in [1.82, 2.24) is 10.2 Å². The number of amides is 2. The highest BCUT2D eigenvalue weighted by molar-refractivity contribution is 5.93. The Balaban J connectivity index is 2.31. The first-order valence-electron chi connectivity index (χ1n) is 5.89. The van der Waals surface area contributed by atoms with Crippen molar-refractivity contribution >= 4 is 11.8 Å². The second-order valence-corrected chi connectivity index (χ2v) is 4.90. The molecule has 16 heavy (non-hydrogen) atoms. The topological polar surface area (TPSA) is 75.4 Å². The molecule has 2 amide bonds. The lowest BCUT2D eigenvalue weighted by molar-refractivity contribution is -0.140. The Morgan fingerprint density at radius 2 is 2.12 bits per heavy atom. The predicted molar refractivity (Wildman–Crippen MR) is 59.3 cm³/mol. The minimum Gasteiger partial charge on any atom is -0.331 e. The van der Waals surface area contributed by atoms with Crippen LogP contribution in [0.3, 0.4) is 0 Å². The van der Waals surface area contributed by atoms with Crippen LogP contribution in [0.15, 0.2) is 0 Å². The van der Waals surface area contributed by atoms with Crippen LogP contribution in [0.5, 0.6) is 0 Å². The van der Waals surface area contributed by atoms with Gasteiger partial charge in [-0.2, -0.15) is 0 Å². The molecule has 5 nitrogen and oxygen atoms in total. The number of carbonyl (C=O) groups is 2. The van der Waals surface area contributed by atoms with Gasteiger partial charge in [-0.1, -0.05) is 0 Å². The molecule has 1 aliphatic heterocycles. The fourth-order valence-electron chi connectivity index (χ4n) is 2.83. The summed E-state index contributed by atoms with van der Waals surface area (Å²) in [6, 6.07) is -0.941. The van der Waals surface area contributed by atoms with Crippen LogP contribution in [-0.4, -0.2) is 34.5 Å². The molecule has 1 saturated heterocycles. The molecule has 5 heteroatoms. The van der Waals surface area contributed by atoms with Crippen molar-refractivity contribution in [3.05, 3.63) is 0 Å². The number of rotatable bonds is 1. The average molecular weight is 225 g/mol. The minimum absolute atomic E-state index is 0.0594. The van der Waals surface area contributed by atoms with E-state index in [9.17, 15) is 9.59 Å². The highest BCUT2D eigenvalue weighted by atomic mass is 16.2. The number of hydrogen-bond acceptors (Lipinski definition) is 3. The smallest absolute Gasteiger partial charge is 0.244 e. The highest BCUT2D eigenvalue weighted by Gasteiger charge is 2.52. The molecule has 1 saturated carbocycles. The van der Waals surface area contributed by atoms with E-state index < -0.39 is 17.7 Å². The molecule has 1 heterocycles. The maximum Gasteiger partial charge on any atom is 0.244 e. The Hall–Kier alpha value is -1.10. The third-order valence-corrected chi connectivity index (χ3v) is 3.64.